The van der Waals surface area contributed by atoms with E-state index in [1.165, 1.54) is 6.42 Å². The first kappa shape index (κ1) is 18.1. The predicted octanol–water partition coefficient (Wildman–Crippen LogP) is 1.76. The molecule has 0 amide bonds. The van der Waals surface area contributed by atoms with Crippen molar-refractivity contribution in [3.05, 3.63) is 35.5 Å². The Kier molecular flexibility index (Phi) is 4.67. The average molecular weight is 395 g/mol. The molecule has 152 valence electrons. The molecule has 0 aliphatic carbocycles. The van der Waals surface area contributed by atoms with Crippen molar-refractivity contribution in [3.63, 3.8) is 0 Å². The monoisotopic (exact) mass is 395 g/mol. The molecule has 9 nitrogen and oxygen atoms in total. The molecular formula is C20H25N7O2. The number of ether oxygens (including phenoxy) is 2. The Morgan fingerprint density at radius 3 is 2.59 bits per heavy atom. The normalized spacial score (nSPS) is 16.9. The molecule has 3 aromatic heterocycles. The Bertz CT molecular complexity index is 986. The van der Waals surface area contributed by atoms with Gasteiger partial charge in [0.15, 0.2) is 18.1 Å². The third-order valence-corrected chi connectivity index (χ3v) is 5.43. The maximum Gasteiger partial charge on any atom is 0.217 e. The molecule has 29 heavy (non-hydrogen) atoms. The number of hydrogen-bond acceptors (Lipinski definition) is 8. The number of rotatable bonds is 5. The number of fused-ring (bicyclic) bond motifs is 1. The summed E-state index contributed by atoms with van der Waals surface area (Å²) >= 11 is 0. The number of pyridine rings is 1. The van der Waals surface area contributed by atoms with E-state index >= 15 is 0 Å². The van der Waals surface area contributed by atoms with Crippen LogP contribution in [0.5, 0.6) is 5.88 Å². The largest absolute Gasteiger partial charge is 0.469 e. The molecule has 2 aliphatic heterocycles. The number of aryl methyl sites for hydroxylation is 2. The van der Waals surface area contributed by atoms with Gasteiger partial charge in [-0.2, -0.15) is 4.98 Å². The lowest BCUT2D eigenvalue weighted by molar-refractivity contribution is 0.122. The van der Waals surface area contributed by atoms with Gasteiger partial charge < -0.3 is 19.3 Å². The standard InChI is InChI=1S/C20H25N7O2/c1-14-12-21-15(2)20-22-17(24-27(14)20)13-29-19-11-16(25-6-8-28-9-7-25)10-18(23-19)26-4-3-5-26/h10-12H,3-9,13H2,1-2H3. The van der Waals surface area contributed by atoms with Gasteiger partial charge in [0.1, 0.15) is 5.82 Å². The van der Waals surface area contributed by atoms with Gasteiger partial charge in [0, 0.05) is 50.2 Å². The fraction of sp³-hybridized carbons (Fsp3) is 0.500. The van der Waals surface area contributed by atoms with E-state index in [-0.39, 0.29) is 6.61 Å². The third-order valence-electron chi connectivity index (χ3n) is 5.43. The third kappa shape index (κ3) is 3.57. The molecule has 0 aromatic carbocycles. The fourth-order valence-electron chi connectivity index (χ4n) is 3.60. The second kappa shape index (κ2) is 7.47. The highest BCUT2D eigenvalue weighted by molar-refractivity contribution is 5.59. The number of anilines is 2. The summed E-state index contributed by atoms with van der Waals surface area (Å²) in [7, 11) is 0. The van der Waals surface area contributed by atoms with E-state index in [4.69, 9.17) is 14.5 Å². The van der Waals surface area contributed by atoms with Crippen molar-refractivity contribution in [2.24, 2.45) is 0 Å². The summed E-state index contributed by atoms with van der Waals surface area (Å²) in [4.78, 5) is 18.3. The van der Waals surface area contributed by atoms with Gasteiger partial charge in [0.25, 0.3) is 0 Å². The Morgan fingerprint density at radius 1 is 1.03 bits per heavy atom. The van der Waals surface area contributed by atoms with Crippen molar-refractivity contribution >= 4 is 17.2 Å². The minimum Gasteiger partial charge on any atom is -0.469 e. The van der Waals surface area contributed by atoms with Gasteiger partial charge in [-0.1, -0.05) is 0 Å². The molecule has 0 N–H and O–H groups in total. The SMILES string of the molecule is Cc1ncc(C)n2nc(COc3cc(N4CCOCC4)cc(N4CCC4)n3)nc12. The summed E-state index contributed by atoms with van der Waals surface area (Å²) in [5.74, 6) is 2.18. The highest BCUT2D eigenvalue weighted by atomic mass is 16.5. The predicted molar refractivity (Wildman–Crippen MR) is 109 cm³/mol. The van der Waals surface area contributed by atoms with Crippen molar-refractivity contribution in [2.75, 3.05) is 49.2 Å². The summed E-state index contributed by atoms with van der Waals surface area (Å²) in [6, 6.07) is 4.15. The molecule has 0 unspecified atom stereocenters. The molecule has 2 saturated heterocycles. The summed E-state index contributed by atoms with van der Waals surface area (Å²) in [5, 5.41) is 4.56. The number of aromatic nitrogens is 5. The molecule has 2 aliphatic rings. The minimum atomic E-state index is 0.263. The second-order valence-electron chi connectivity index (χ2n) is 7.50. The highest BCUT2D eigenvalue weighted by Gasteiger charge is 2.20. The maximum atomic E-state index is 6.04. The Hall–Kier alpha value is -2.94. The first-order chi connectivity index (χ1) is 14.2. The molecule has 0 radical (unpaired) electrons. The summed E-state index contributed by atoms with van der Waals surface area (Å²) in [5.41, 5.74) is 3.68. The van der Waals surface area contributed by atoms with Gasteiger partial charge in [0.05, 0.1) is 24.6 Å². The molecule has 0 atom stereocenters. The van der Waals surface area contributed by atoms with Gasteiger partial charge in [0.2, 0.25) is 5.88 Å². The van der Waals surface area contributed by atoms with Crippen molar-refractivity contribution in [1.29, 1.82) is 0 Å². The molecule has 3 aromatic rings. The van der Waals surface area contributed by atoms with Crippen LogP contribution in [0.25, 0.3) is 5.65 Å². The molecule has 5 rings (SSSR count). The van der Waals surface area contributed by atoms with Crippen LogP contribution in [0.3, 0.4) is 0 Å². The first-order valence-electron chi connectivity index (χ1n) is 10.1. The Labute approximate surface area is 169 Å². The van der Waals surface area contributed by atoms with Crippen LogP contribution in [0, 0.1) is 13.8 Å². The smallest absolute Gasteiger partial charge is 0.217 e. The van der Waals surface area contributed by atoms with Crippen LogP contribution >= 0.6 is 0 Å². The fourth-order valence-corrected chi connectivity index (χ4v) is 3.60. The van der Waals surface area contributed by atoms with Gasteiger partial charge in [-0.3, -0.25) is 4.98 Å². The van der Waals surface area contributed by atoms with Crippen LogP contribution in [-0.2, 0) is 11.3 Å². The minimum absolute atomic E-state index is 0.263. The van der Waals surface area contributed by atoms with E-state index in [9.17, 15) is 0 Å². The first-order valence-corrected chi connectivity index (χ1v) is 10.1. The second-order valence-corrected chi connectivity index (χ2v) is 7.50. The van der Waals surface area contributed by atoms with Crippen molar-refractivity contribution in [3.8, 4) is 5.88 Å². The van der Waals surface area contributed by atoms with E-state index in [0.29, 0.717) is 11.7 Å². The summed E-state index contributed by atoms with van der Waals surface area (Å²) in [6.45, 7) is 9.48. The van der Waals surface area contributed by atoms with E-state index in [2.05, 4.69) is 30.9 Å². The highest BCUT2D eigenvalue weighted by Crippen LogP contribution is 2.29. The quantitative estimate of drug-likeness (QED) is 0.647. The molecule has 5 heterocycles. The molecule has 9 heteroatoms. The van der Waals surface area contributed by atoms with Crippen molar-refractivity contribution in [1.82, 2.24) is 24.6 Å². The van der Waals surface area contributed by atoms with Gasteiger partial charge >= 0.3 is 0 Å². The van der Waals surface area contributed by atoms with Gasteiger partial charge in [-0.25, -0.2) is 9.50 Å². The Morgan fingerprint density at radius 2 is 1.86 bits per heavy atom. The lowest BCUT2D eigenvalue weighted by Crippen LogP contribution is -2.39. The van der Waals surface area contributed by atoms with Crippen LogP contribution in [0.15, 0.2) is 18.3 Å². The van der Waals surface area contributed by atoms with Crippen LogP contribution in [0.1, 0.15) is 23.6 Å². The molecule has 0 spiro atoms. The van der Waals surface area contributed by atoms with Gasteiger partial charge in [-0.15, -0.1) is 5.10 Å². The maximum absolute atomic E-state index is 6.04. The molecular weight excluding hydrogens is 370 g/mol. The van der Waals surface area contributed by atoms with E-state index in [0.717, 1.165) is 67.9 Å². The molecule has 0 bridgehead atoms. The Balaban J connectivity index is 1.40. The van der Waals surface area contributed by atoms with Crippen LogP contribution in [-0.4, -0.2) is 64.0 Å². The number of hydrogen-bond donors (Lipinski definition) is 0. The number of morpholine rings is 1. The lowest BCUT2D eigenvalue weighted by Gasteiger charge is -2.34. The van der Waals surface area contributed by atoms with Gasteiger partial charge in [-0.05, 0) is 20.3 Å². The van der Waals surface area contributed by atoms with Crippen LogP contribution < -0.4 is 14.5 Å². The van der Waals surface area contributed by atoms with Crippen LogP contribution in [0.4, 0.5) is 11.5 Å². The topological polar surface area (TPSA) is 80.9 Å². The lowest BCUT2D eigenvalue weighted by atomic mass is 10.2. The zero-order valence-corrected chi connectivity index (χ0v) is 16.8. The molecule has 0 saturated carbocycles. The van der Waals surface area contributed by atoms with Crippen LogP contribution in [0.2, 0.25) is 0 Å². The average Bonchev–Trinajstić information content (AvgIpc) is 3.14. The van der Waals surface area contributed by atoms with Crippen molar-refractivity contribution < 1.29 is 9.47 Å². The summed E-state index contributed by atoms with van der Waals surface area (Å²) < 4.78 is 13.3. The van der Waals surface area contributed by atoms with Crippen molar-refractivity contribution in [2.45, 2.75) is 26.9 Å². The number of nitrogens with zero attached hydrogens (tertiary/aromatic N) is 7. The van der Waals surface area contributed by atoms with E-state index in [1.807, 2.05) is 24.4 Å². The van der Waals surface area contributed by atoms with E-state index in [1.54, 1.807) is 6.20 Å². The molecule has 2 fully saturated rings. The summed E-state index contributed by atoms with van der Waals surface area (Å²) in [6.07, 6.45) is 3.01. The zero-order chi connectivity index (χ0) is 19.8. The van der Waals surface area contributed by atoms with E-state index < -0.39 is 0 Å². The zero-order valence-electron chi connectivity index (χ0n) is 16.8.